The van der Waals surface area contributed by atoms with E-state index in [0.717, 1.165) is 13.1 Å². The Balaban J connectivity index is 3.77. The Bertz CT molecular complexity index is 131. The predicted octanol–water partition coefficient (Wildman–Crippen LogP) is 2.45. The highest BCUT2D eigenvalue weighted by atomic mass is 32.2. The second kappa shape index (κ2) is 10.8. The van der Waals surface area contributed by atoms with E-state index < -0.39 is 0 Å². The molecule has 92 valence electrons. The number of rotatable bonds is 10. The third-order valence-electron chi connectivity index (χ3n) is 2.70. The highest BCUT2D eigenvalue weighted by Crippen LogP contribution is 2.05. The van der Waals surface area contributed by atoms with Crippen molar-refractivity contribution in [1.82, 2.24) is 10.2 Å². The molecule has 0 radical (unpaired) electrons. The number of nitrogens with zero attached hydrogens (tertiary/aromatic N) is 1. The highest BCUT2D eigenvalue weighted by Gasteiger charge is 2.12. The van der Waals surface area contributed by atoms with Gasteiger partial charge in [-0.15, -0.1) is 0 Å². The van der Waals surface area contributed by atoms with Crippen LogP contribution < -0.4 is 5.32 Å². The Hall–Kier alpha value is 0.270. The third-order valence-corrected chi connectivity index (χ3v) is 3.29. The predicted molar refractivity (Wildman–Crippen MR) is 72.9 cm³/mol. The minimum absolute atomic E-state index is 0.716. The largest absolute Gasteiger partial charge is 0.315 e. The molecule has 0 aromatic carbocycles. The Labute approximate surface area is 100 Å². The van der Waals surface area contributed by atoms with E-state index in [-0.39, 0.29) is 0 Å². The lowest BCUT2D eigenvalue weighted by atomic mass is 10.1. The van der Waals surface area contributed by atoms with Crippen LogP contribution in [0.3, 0.4) is 0 Å². The molecule has 0 amide bonds. The van der Waals surface area contributed by atoms with E-state index in [9.17, 15) is 0 Å². The summed E-state index contributed by atoms with van der Waals surface area (Å²) in [6.07, 6.45) is 6.00. The number of hydrogen-bond donors (Lipinski definition) is 1. The molecule has 0 saturated heterocycles. The van der Waals surface area contributed by atoms with Crippen molar-refractivity contribution >= 4 is 11.8 Å². The maximum atomic E-state index is 3.53. The van der Waals surface area contributed by atoms with Gasteiger partial charge in [-0.1, -0.05) is 20.3 Å². The molecule has 0 spiro atoms. The molecule has 0 aromatic rings. The van der Waals surface area contributed by atoms with E-state index in [0.29, 0.717) is 6.04 Å². The lowest BCUT2D eigenvalue weighted by Crippen LogP contribution is -2.41. The van der Waals surface area contributed by atoms with Crippen molar-refractivity contribution in [3.05, 3.63) is 0 Å². The number of nitrogens with one attached hydrogen (secondary N) is 1. The maximum Gasteiger partial charge on any atom is 0.0217 e. The minimum atomic E-state index is 0.716. The number of hydrogen-bond acceptors (Lipinski definition) is 3. The van der Waals surface area contributed by atoms with Crippen LogP contribution in [0.2, 0.25) is 0 Å². The summed E-state index contributed by atoms with van der Waals surface area (Å²) >= 11 is 1.93. The summed E-state index contributed by atoms with van der Waals surface area (Å²) in [4.78, 5) is 2.50. The lowest BCUT2D eigenvalue weighted by Gasteiger charge is -2.28. The van der Waals surface area contributed by atoms with Gasteiger partial charge < -0.3 is 10.2 Å². The van der Waals surface area contributed by atoms with Crippen molar-refractivity contribution in [2.75, 3.05) is 38.7 Å². The summed E-state index contributed by atoms with van der Waals surface area (Å²) < 4.78 is 0. The van der Waals surface area contributed by atoms with E-state index in [2.05, 4.69) is 37.4 Å². The molecule has 0 bridgehead atoms. The molecule has 0 rings (SSSR count). The van der Waals surface area contributed by atoms with Crippen molar-refractivity contribution < 1.29 is 0 Å². The quantitative estimate of drug-likeness (QED) is 0.583. The topological polar surface area (TPSA) is 15.3 Å². The van der Waals surface area contributed by atoms with Gasteiger partial charge in [-0.25, -0.2) is 0 Å². The van der Waals surface area contributed by atoms with Crippen LogP contribution in [0.5, 0.6) is 0 Å². The van der Waals surface area contributed by atoms with Gasteiger partial charge in [0.15, 0.2) is 0 Å². The van der Waals surface area contributed by atoms with Gasteiger partial charge in [-0.05, 0) is 32.7 Å². The number of thioether (sulfide) groups is 1. The molecule has 0 aromatic heterocycles. The minimum Gasteiger partial charge on any atom is -0.315 e. The maximum absolute atomic E-state index is 3.53. The first-order valence-electron chi connectivity index (χ1n) is 6.16. The molecule has 0 aliphatic rings. The summed E-state index contributed by atoms with van der Waals surface area (Å²) in [5, 5.41) is 3.53. The molecular formula is C12H28N2S. The molecule has 3 heteroatoms. The summed E-state index contributed by atoms with van der Waals surface area (Å²) in [6.45, 7) is 8.00. The third kappa shape index (κ3) is 8.12. The Morgan fingerprint density at radius 3 is 2.53 bits per heavy atom. The first-order chi connectivity index (χ1) is 7.26. The first-order valence-corrected chi connectivity index (χ1v) is 7.55. The zero-order chi connectivity index (χ0) is 11.5. The van der Waals surface area contributed by atoms with E-state index in [1.165, 1.54) is 31.6 Å². The normalized spacial score (nSPS) is 13.4. The smallest absolute Gasteiger partial charge is 0.0217 e. The monoisotopic (exact) mass is 232 g/mol. The molecule has 0 fully saturated rings. The zero-order valence-corrected chi connectivity index (χ0v) is 11.7. The standard InChI is InChI=1S/C12H28N2S/c1-5-7-12(11-13-8-6-2)14(3)9-10-15-4/h12-13H,5-11H2,1-4H3. The van der Waals surface area contributed by atoms with Gasteiger partial charge >= 0.3 is 0 Å². The van der Waals surface area contributed by atoms with Gasteiger partial charge in [0.25, 0.3) is 0 Å². The van der Waals surface area contributed by atoms with Crippen LogP contribution in [-0.2, 0) is 0 Å². The average molecular weight is 232 g/mol. The fraction of sp³-hybridized carbons (Fsp3) is 1.00. The van der Waals surface area contributed by atoms with E-state index in [1.54, 1.807) is 0 Å². The van der Waals surface area contributed by atoms with Crippen LogP contribution >= 0.6 is 11.8 Å². The summed E-state index contributed by atoms with van der Waals surface area (Å²) in [6, 6.07) is 0.716. The summed E-state index contributed by atoms with van der Waals surface area (Å²) in [5.41, 5.74) is 0. The fourth-order valence-corrected chi connectivity index (χ4v) is 2.15. The van der Waals surface area contributed by atoms with Crippen molar-refractivity contribution in [3.8, 4) is 0 Å². The molecule has 1 unspecified atom stereocenters. The fourth-order valence-electron chi connectivity index (χ4n) is 1.67. The Morgan fingerprint density at radius 2 is 2.00 bits per heavy atom. The second-order valence-corrected chi connectivity index (χ2v) is 5.11. The van der Waals surface area contributed by atoms with Crippen LogP contribution in [0.25, 0.3) is 0 Å². The van der Waals surface area contributed by atoms with Gasteiger partial charge in [0.05, 0.1) is 0 Å². The van der Waals surface area contributed by atoms with Gasteiger partial charge in [-0.2, -0.15) is 11.8 Å². The molecule has 2 nitrogen and oxygen atoms in total. The Morgan fingerprint density at radius 1 is 1.27 bits per heavy atom. The number of likely N-dealkylation sites (N-methyl/N-ethyl adjacent to an activating group) is 1. The second-order valence-electron chi connectivity index (χ2n) is 4.12. The van der Waals surface area contributed by atoms with E-state index in [4.69, 9.17) is 0 Å². The summed E-state index contributed by atoms with van der Waals surface area (Å²) in [5.74, 6) is 1.24. The van der Waals surface area contributed by atoms with Gasteiger partial charge in [0.2, 0.25) is 0 Å². The van der Waals surface area contributed by atoms with Gasteiger partial charge in [0.1, 0.15) is 0 Å². The average Bonchev–Trinajstić information content (AvgIpc) is 2.25. The molecule has 15 heavy (non-hydrogen) atoms. The molecule has 0 saturated carbocycles. The van der Waals surface area contributed by atoms with Gasteiger partial charge in [0, 0.05) is 24.9 Å². The van der Waals surface area contributed by atoms with Crippen molar-refractivity contribution in [2.24, 2.45) is 0 Å². The molecule has 1 atom stereocenters. The van der Waals surface area contributed by atoms with E-state index in [1.807, 2.05) is 11.8 Å². The van der Waals surface area contributed by atoms with Crippen LogP contribution in [0.4, 0.5) is 0 Å². The molecule has 0 heterocycles. The zero-order valence-electron chi connectivity index (χ0n) is 10.9. The first kappa shape index (κ1) is 15.3. The van der Waals surface area contributed by atoms with Crippen molar-refractivity contribution in [1.29, 1.82) is 0 Å². The van der Waals surface area contributed by atoms with Crippen LogP contribution in [0.15, 0.2) is 0 Å². The van der Waals surface area contributed by atoms with E-state index >= 15 is 0 Å². The van der Waals surface area contributed by atoms with Crippen LogP contribution in [0.1, 0.15) is 33.1 Å². The SMILES string of the molecule is CCCNCC(CCC)N(C)CCSC. The molecule has 0 aliphatic heterocycles. The van der Waals surface area contributed by atoms with Crippen molar-refractivity contribution in [3.63, 3.8) is 0 Å². The van der Waals surface area contributed by atoms with Crippen LogP contribution in [0, 0.1) is 0 Å². The van der Waals surface area contributed by atoms with Gasteiger partial charge in [-0.3, -0.25) is 0 Å². The lowest BCUT2D eigenvalue weighted by molar-refractivity contribution is 0.235. The molecule has 1 N–H and O–H groups in total. The Kier molecular flexibility index (Phi) is 11.0. The van der Waals surface area contributed by atoms with Crippen molar-refractivity contribution in [2.45, 2.75) is 39.2 Å². The van der Waals surface area contributed by atoms with Crippen LogP contribution in [-0.4, -0.2) is 49.6 Å². The summed E-state index contributed by atoms with van der Waals surface area (Å²) in [7, 11) is 2.25. The highest BCUT2D eigenvalue weighted by molar-refractivity contribution is 7.98. The molecular weight excluding hydrogens is 204 g/mol. The molecule has 0 aliphatic carbocycles.